The summed E-state index contributed by atoms with van der Waals surface area (Å²) in [7, 11) is -4.52. The predicted molar refractivity (Wildman–Crippen MR) is 113 cm³/mol. The molecule has 156 valence electrons. The van der Waals surface area contributed by atoms with E-state index in [9.17, 15) is 4.57 Å². The number of phosphoric acid groups is 1. The van der Waals surface area contributed by atoms with Crippen molar-refractivity contribution in [3.05, 3.63) is 29.3 Å². The predicted octanol–water partition coefficient (Wildman–Crippen LogP) is 6.96. The van der Waals surface area contributed by atoms with E-state index >= 15 is 0 Å². The van der Waals surface area contributed by atoms with Crippen molar-refractivity contribution in [1.29, 1.82) is 0 Å². The topological polar surface area (TPSA) is 66.8 Å². The molecule has 0 radical (unpaired) electrons. The molecule has 1 aromatic carbocycles. The maximum absolute atomic E-state index is 11.3. The van der Waals surface area contributed by atoms with Crippen molar-refractivity contribution in [3.8, 4) is 5.75 Å². The van der Waals surface area contributed by atoms with E-state index in [-0.39, 0.29) is 0 Å². The van der Waals surface area contributed by atoms with Crippen LogP contribution in [0.25, 0.3) is 0 Å². The molecule has 2 N–H and O–H groups in total. The lowest BCUT2D eigenvalue weighted by Gasteiger charge is -2.14. The number of unbranched alkanes of at least 4 members (excludes halogenated alkanes) is 10. The largest absolute Gasteiger partial charge is 0.524 e. The van der Waals surface area contributed by atoms with E-state index in [1.807, 2.05) is 6.07 Å². The Morgan fingerprint density at radius 3 is 1.85 bits per heavy atom. The lowest BCUT2D eigenvalue weighted by atomic mass is 9.99. The summed E-state index contributed by atoms with van der Waals surface area (Å²) in [6.45, 7) is 4.44. The molecule has 4 nitrogen and oxygen atoms in total. The van der Waals surface area contributed by atoms with Crippen LogP contribution < -0.4 is 4.52 Å². The van der Waals surface area contributed by atoms with Gasteiger partial charge in [-0.1, -0.05) is 90.2 Å². The first-order chi connectivity index (χ1) is 13.0. The zero-order chi connectivity index (χ0) is 20.0. The van der Waals surface area contributed by atoms with Crippen molar-refractivity contribution in [1.82, 2.24) is 0 Å². The quantitative estimate of drug-likeness (QED) is 0.233. The van der Waals surface area contributed by atoms with Gasteiger partial charge < -0.3 is 4.52 Å². The molecule has 0 saturated heterocycles. The van der Waals surface area contributed by atoms with E-state index in [0.717, 1.165) is 31.2 Å². The van der Waals surface area contributed by atoms with Gasteiger partial charge in [-0.25, -0.2) is 4.57 Å². The van der Waals surface area contributed by atoms with Gasteiger partial charge in [-0.3, -0.25) is 9.79 Å². The van der Waals surface area contributed by atoms with Crippen LogP contribution in [0.2, 0.25) is 0 Å². The average molecular weight is 399 g/mol. The fourth-order valence-electron chi connectivity index (χ4n) is 3.41. The SMILES string of the molecule is CCCCCCCCc1ccc(OP(=O)(O)O)c(CCCCCCCC)c1. The lowest BCUT2D eigenvalue weighted by Crippen LogP contribution is -1.98. The maximum Gasteiger partial charge on any atom is 0.524 e. The third kappa shape index (κ3) is 12.3. The molecule has 0 aromatic heterocycles. The molecular weight excluding hydrogens is 359 g/mol. The molecule has 0 heterocycles. The zero-order valence-corrected chi connectivity index (χ0v) is 18.2. The van der Waals surface area contributed by atoms with Gasteiger partial charge in [-0.05, 0) is 42.9 Å². The van der Waals surface area contributed by atoms with Crippen molar-refractivity contribution >= 4 is 7.82 Å². The second kappa shape index (κ2) is 14.2. The van der Waals surface area contributed by atoms with Gasteiger partial charge in [0.1, 0.15) is 5.75 Å². The highest BCUT2D eigenvalue weighted by Gasteiger charge is 2.18. The molecule has 1 aromatic rings. The van der Waals surface area contributed by atoms with Crippen molar-refractivity contribution < 1.29 is 18.9 Å². The van der Waals surface area contributed by atoms with Gasteiger partial charge in [0.05, 0.1) is 0 Å². The third-order valence-corrected chi connectivity index (χ3v) is 5.40. The zero-order valence-electron chi connectivity index (χ0n) is 17.3. The van der Waals surface area contributed by atoms with Crippen LogP contribution >= 0.6 is 7.82 Å². The second-order valence-corrected chi connectivity index (χ2v) is 8.72. The Morgan fingerprint density at radius 1 is 0.778 bits per heavy atom. The summed E-state index contributed by atoms with van der Waals surface area (Å²) in [4.78, 5) is 18.3. The van der Waals surface area contributed by atoms with Crippen LogP contribution in [-0.2, 0) is 17.4 Å². The Bertz CT molecular complexity index is 553. The molecule has 5 heteroatoms. The van der Waals surface area contributed by atoms with Crippen LogP contribution in [0.5, 0.6) is 5.75 Å². The van der Waals surface area contributed by atoms with Crippen LogP contribution in [0.3, 0.4) is 0 Å². The number of phosphoric ester groups is 1. The first-order valence-corrected chi connectivity index (χ1v) is 12.4. The Morgan fingerprint density at radius 2 is 1.30 bits per heavy atom. The van der Waals surface area contributed by atoms with Gasteiger partial charge in [0.15, 0.2) is 0 Å². The van der Waals surface area contributed by atoms with Crippen LogP contribution in [0.15, 0.2) is 18.2 Å². The van der Waals surface area contributed by atoms with E-state index < -0.39 is 7.82 Å². The Balaban J connectivity index is 2.57. The number of aryl methyl sites for hydroxylation is 2. The molecule has 0 aliphatic rings. The van der Waals surface area contributed by atoms with Gasteiger partial charge in [0.25, 0.3) is 0 Å². The smallest absolute Gasteiger partial charge is 0.404 e. The van der Waals surface area contributed by atoms with Crippen molar-refractivity contribution in [2.24, 2.45) is 0 Å². The number of hydrogen-bond acceptors (Lipinski definition) is 2. The van der Waals surface area contributed by atoms with Gasteiger partial charge in [-0.2, -0.15) is 0 Å². The summed E-state index contributed by atoms with van der Waals surface area (Å²) in [5.41, 5.74) is 2.17. The number of hydrogen-bond donors (Lipinski definition) is 2. The molecule has 1 rings (SSSR count). The first-order valence-electron chi connectivity index (χ1n) is 10.8. The molecule has 0 bridgehead atoms. The average Bonchev–Trinajstić information content (AvgIpc) is 2.61. The maximum atomic E-state index is 11.3. The molecule has 0 aliphatic heterocycles. The second-order valence-electron chi connectivity index (χ2n) is 7.56. The highest BCUT2D eigenvalue weighted by atomic mass is 31.2. The lowest BCUT2D eigenvalue weighted by molar-refractivity contribution is 0.282. The number of benzene rings is 1. The van der Waals surface area contributed by atoms with E-state index in [1.165, 1.54) is 69.8 Å². The summed E-state index contributed by atoms with van der Waals surface area (Å²) < 4.78 is 16.2. The Hall–Kier alpha value is -0.830. The summed E-state index contributed by atoms with van der Waals surface area (Å²) in [5.74, 6) is 0.337. The summed E-state index contributed by atoms with van der Waals surface area (Å²) in [6, 6.07) is 5.77. The molecule has 0 aliphatic carbocycles. The summed E-state index contributed by atoms with van der Waals surface area (Å²) in [6.07, 6.45) is 16.6. The van der Waals surface area contributed by atoms with Crippen LogP contribution in [0.1, 0.15) is 102 Å². The minimum atomic E-state index is -4.52. The van der Waals surface area contributed by atoms with E-state index in [1.54, 1.807) is 6.07 Å². The van der Waals surface area contributed by atoms with E-state index in [0.29, 0.717) is 5.75 Å². The van der Waals surface area contributed by atoms with Gasteiger partial charge >= 0.3 is 7.82 Å². The number of rotatable bonds is 16. The molecule has 0 amide bonds. The van der Waals surface area contributed by atoms with E-state index in [2.05, 4.69) is 19.9 Å². The molecule has 0 atom stereocenters. The van der Waals surface area contributed by atoms with Crippen molar-refractivity contribution in [2.75, 3.05) is 0 Å². The van der Waals surface area contributed by atoms with Crippen LogP contribution in [0, 0.1) is 0 Å². The first kappa shape index (κ1) is 24.2. The van der Waals surface area contributed by atoms with Crippen molar-refractivity contribution in [2.45, 2.75) is 104 Å². The highest BCUT2D eigenvalue weighted by Crippen LogP contribution is 2.39. The monoisotopic (exact) mass is 398 g/mol. The standard InChI is InChI=1S/C22H39O4P/c1-3-5-7-9-11-13-15-20-17-18-22(26-27(23,24)25)21(19-20)16-14-12-10-8-6-4-2/h17-19H,3-16H2,1-2H3,(H2,23,24,25). The molecule has 27 heavy (non-hydrogen) atoms. The van der Waals surface area contributed by atoms with Gasteiger partial charge in [0, 0.05) is 0 Å². The highest BCUT2D eigenvalue weighted by molar-refractivity contribution is 7.46. The van der Waals surface area contributed by atoms with E-state index in [4.69, 9.17) is 14.3 Å². The fourth-order valence-corrected chi connectivity index (χ4v) is 3.84. The molecule has 0 spiro atoms. The normalized spacial score (nSPS) is 11.7. The third-order valence-electron chi connectivity index (χ3n) is 4.96. The van der Waals surface area contributed by atoms with Crippen LogP contribution in [-0.4, -0.2) is 9.79 Å². The summed E-state index contributed by atoms with van der Waals surface area (Å²) >= 11 is 0. The molecular formula is C22H39O4P. The minimum Gasteiger partial charge on any atom is -0.404 e. The minimum absolute atomic E-state index is 0.337. The van der Waals surface area contributed by atoms with Gasteiger partial charge in [0.2, 0.25) is 0 Å². The van der Waals surface area contributed by atoms with Crippen LogP contribution in [0.4, 0.5) is 0 Å². The molecule has 0 unspecified atom stereocenters. The molecule has 0 saturated carbocycles. The van der Waals surface area contributed by atoms with Crippen molar-refractivity contribution in [3.63, 3.8) is 0 Å². The fraction of sp³-hybridized carbons (Fsp3) is 0.727. The Kier molecular flexibility index (Phi) is 12.7. The molecule has 0 fully saturated rings. The summed E-state index contributed by atoms with van der Waals surface area (Å²) in [5, 5.41) is 0. The van der Waals surface area contributed by atoms with Gasteiger partial charge in [-0.15, -0.1) is 0 Å². The Labute approximate surface area is 166 Å².